The Bertz CT molecular complexity index is 1350. The van der Waals surface area contributed by atoms with E-state index in [4.69, 9.17) is 9.90 Å². The molecule has 5 nitrogen and oxygen atoms in total. The van der Waals surface area contributed by atoms with Crippen LogP contribution in [0.2, 0.25) is 0 Å². The zero-order valence-corrected chi connectivity index (χ0v) is 23.1. The number of aryl methyl sites for hydroxylation is 2. The highest BCUT2D eigenvalue weighted by atomic mass is 19.4. The number of nitrogens with zero attached hydrogens (tertiary/aromatic N) is 1. The summed E-state index contributed by atoms with van der Waals surface area (Å²) in [5.74, 6) is -3.65. The number of aliphatic carboxylic acids is 1. The number of carbonyl (C=O) groups is 2. The molecule has 0 bridgehead atoms. The number of hydrogen-bond acceptors (Lipinski definition) is 3. The molecule has 0 fully saturated rings. The minimum absolute atomic E-state index is 0.315. The summed E-state index contributed by atoms with van der Waals surface area (Å²) >= 11 is 0. The summed E-state index contributed by atoms with van der Waals surface area (Å²) in [6.45, 7) is 2.95. The van der Waals surface area contributed by atoms with E-state index in [2.05, 4.69) is 89.8 Å². The van der Waals surface area contributed by atoms with E-state index in [9.17, 15) is 23.1 Å². The summed E-state index contributed by atoms with van der Waals surface area (Å²) < 4.78 is 31.7. The average Bonchev–Trinajstić information content (AvgIpc) is 2.98. The third kappa shape index (κ3) is 10.9. The van der Waals surface area contributed by atoms with Crippen LogP contribution in [0.4, 0.5) is 13.2 Å². The minimum atomic E-state index is -5.08. The van der Waals surface area contributed by atoms with E-state index in [-0.39, 0.29) is 0 Å². The second-order valence-corrected chi connectivity index (χ2v) is 9.80. The SMILES string of the molecule is O=C(O)C(F)(F)F.O=C(O)c1ccc(-c2ccccc2CN(CCCc2ccccc2)CCCc2ccccc2)cc1. The van der Waals surface area contributed by atoms with Crippen LogP contribution in [0, 0.1) is 0 Å². The zero-order valence-electron chi connectivity index (χ0n) is 23.1. The Hall–Kier alpha value is -4.43. The van der Waals surface area contributed by atoms with Gasteiger partial charge in [-0.25, -0.2) is 9.59 Å². The molecular formula is C34H34F3NO4. The van der Waals surface area contributed by atoms with Gasteiger partial charge in [-0.1, -0.05) is 97.1 Å². The summed E-state index contributed by atoms with van der Waals surface area (Å²) in [5, 5.41) is 16.4. The third-order valence-corrected chi connectivity index (χ3v) is 6.66. The van der Waals surface area contributed by atoms with Gasteiger partial charge in [-0.15, -0.1) is 0 Å². The molecule has 0 saturated carbocycles. The standard InChI is InChI=1S/C32H33NO2.C2HF3O2/c34-32(35)29-21-19-28(20-22-29)31-18-8-7-17-30(31)25-33(23-9-15-26-11-3-1-4-12-26)24-10-16-27-13-5-2-6-14-27;3-2(4,5)1(6)7/h1-8,11-14,17-22H,9-10,15-16,23-25H2,(H,34,35);(H,6,7). The normalized spacial score (nSPS) is 11.0. The van der Waals surface area contributed by atoms with Gasteiger partial charge in [-0.05, 0) is 78.7 Å². The first kappa shape index (κ1) is 32.1. The molecule has 0 amide bonds. The fourth-order valence-corrected chi connectivity index (χ4v) is 4.55. The van der Waals surface area contributed by atoms with Gasteiger partial charge in [0.1, 0.15) is 0 Å². The van der Waals surface area contributed by atoms with Crippen molar-refractivity contribution in [1.82, 2.24) is 4.90 Å². The molecule has 220 valence electrons. The first-order chi connectivity index (χ1) is 20.1. The number of alkyl halides is 3. The maximum Gasteiger partial charge on any atom is 0.490 e. The quantitative estimate of drug-likeness (QED) is 0.180. The molecule has 0 spiro atoms. The number of hydrogen-bond donors (Lipinski definition) is 2. The molecule has 0 saturated heterocycles. The fourth-order valence-electron chi connectivity index (χ4n) is 4.55. The summed E-state index contributed by atoms with van der Waals surface area (Å²) in [5.41, 5.74) is 6.58. The number of carboxylic acid groups (broad SMARTS) is 2. The summed E-state index contributed by atoms with van der Waals surface area (Å²) in [4.78, 5) is 22.7. The molecule has 0 radical (unpaired) electrons. The Kier molecular flexibility index (Phi) is 12.3. The second-order valence-electron chi connectivity index (χ2n) is 9.80. The highest BCUT2D eigenvalue weighted by molar-refractivity contribution is 5.88. The van der Waals surface area contributed by atoms with Crippen molar-refractivity contribution in [2.45, 2.75) is 38.4 Å². The highest BCUT2D eigenvalue weighted by Crippen LogP contribution is 2.26. The van der Waals surface area contributed by atoms with Gasteiger partial charge in [0, 0.05) is 6.54 Å². The van der Waals surface area contributed by atoms with Gasteiger partial charge in [0.2, 0.25) is 0 Å². The van der Waals surface area contributed by atoms with E-state index >= 15 is 0 Å². The average molecular weight is 578 g/mol. The second kappa shape index (κ2) is 16.1. The van der Waals surface area contributed by atoms with Gasteiger partial charge in [0.05, 0.1) is 5.56 Å². The van der Waals surface area contributed by atoms with E-state index in [1.807, 2.05) is 12.1 Å². The van der Waals surface area contributed by atoms with E-state index in [1.165, 1.54) is 22.3 Å². The fraction of sp³-hybridized carbons (Fsp3) is 0.235. The predicted molar refractivity (Wildman–Crippen MR) is 157 cm³/mol. The lowest BCUT2D eigenvalue weighted by Gasteiger charge is -2.24. The number of benzene rings is 4. The Labute approximate surface area is 243 Å². The van der Waals surface area contributed by atoms with E-state index in [1.54, 1.807) is 12.1 Å². The molecule has 42 heavy (non-hydrogen) atoms. The van der Waals surface area contributed by atoms with Crippen LogP contribution in [0.5, 0.6) is 0 Å². The summed E-state index contributed by atoms with van der Waals surface area (Å²) in [6.07, 6.45) is -0.696. The molecule has 4 aromatic rings. The van der Waals surface area contributed by atoms with Crippen LogP contribution in [0.1, 0.15) is 39.9 Å². The van der Waals surface area contributed by atoms with Crippen molar-refractivity contribution < 1.29 is 33.0 Å². The molecule has 8 heteroatoms. The van der Waals surface area contributed by atoms with Crippen LogP contribution < -0.4 is 0 Å². The van der Waals surface area contributed by atoms with Crippen LogP contribution in [0.15, 0.2) is 109 Å². The Morgan fingerprint density at radius 1 is 0.643 bits per heavy atom. The van der Waals surface area contributed by atoms with E-state index < -0.39 is 18.1 Å². The first-order valence-corrected chi connectivity index (χ1v) is 13.7. The van der Waals surface area contributed by atoms with Gasteiger partial charge in [-0.3, -0.25) is 4.90 Å². The van der Waals surface area contributed by atoms with Crippen LogP contribution in [0.25, 0.3) is 11.1 Å². The van der Waals surface area contributed by atoms with E-state index in [0.717, 1.165) is 50.9 Å². The van der Waals surface area contributed by atoms with Crippen molar-refractivity contribution in [3.05, 3.63) is 131 Å². The van der Waals surface area contributed by atoms with Gasteiger partial charge >= 0.3 is 18.1 Å². The Morgan fingerprint density at radius 2 is 1.10 bits per heavy atom. The number of halogens is 3. The molecule has 0 atom stereocenters. The summed E-state index contributed by atoms with van der Waals surface area (Å²) in [7, 11) is 0. The van der Waals surface area contributed by atoms with Crippen molar-refractivity contribution in [2.24, 2.45) is 0 Å². The minimum Gasteiger partial charge on any atom is -0.478 e. The highest BCUT2D eigenvalue weighted by Gasteiger charge is 2.38. The molecule has 4 aromatic carbocycles. The summed E-state index contributed by atoms with van der Waals surface area (Å²) in [6, 6.07) is 37.1. The maximum absolute atomic E-state index is 11.3. The topological polar surface area (TPSA) is 77.8 Å². The molecule has 0 heterocycles. The molecule has 0 aromatic heterocycles. The van der Waals surface area contributed by atoms with Crippen molar-refractivity contribution in [3.63, 3.8) is 0 Å². The molecular weight excluding hydrogens is 543 g/mol. The molecule has 0 aliphatic carbocycles. The van der Waals surface area contributed by atoms with Crippen LogP contribution in [0.3, 0.4) is 0 Å². The van der Waals surface area contributed by atoms with Crippen molar-refractivity contribution in [2.75, 3.05) is 13.1 Å². The third-order valence-electron chi connectivity index (χ3n) is 6.66. The Morgan fingerprint density at radius 3 is 1.55 bits per heavy atom. The largest absolute Gasteiger partial charge is 0.490 e. The lowest BCUT2D eigenvalue weighted by atomic mass is 9.98. The predicted octanol–water partition coefficient (Wildman–Crippen LogP) is 7.75. The van der Waals surface area contributed by atoms with Crippen LogP contribution in [-0.4, -0.2) is 46.3 Å². The molecule has 0 unspecified atom stereocenters. The van der Waals surface area contributed by atoms with Crippen molar-refractivity contribution >= 4 is 11.9 Å². The van der Waals surface area contributed by atoms with Gasteiger partial charge < -0.3 is 10.2 Å². The van der Waals surface area contributed by atoms with Crippen molar-refractivity contribution in [3.8, 4) is 11.1 Å². The first-order valence-electron chi connectivity index (χ1n) is 13.7. The van der Waals surface area contributed by atoms with Crippen LogP contribution in [-0.2, 0) is 24.2 Å². The smallest absolute Gasteiger partial charge is 0.478 e. The maximum atomic E-state index is 11.3. The van der Waals surface area contributed by atoms with E-state index in [0.29, 0.717) is 5.56 Å². The molecule has 0 aliphatic rings. The van der Waals surface area contributed by atoms with Gasteiger partial charge in [-0.2, -0.15) is 13.2 Å². The lowest BCUT2D eigenvalue weighted by Crippen LogP contribution is -2.26. The Balaban J connectivity index is 0.000000616. The monoisotopic (exact) mass is 577 g/mol. The van der Waals surface area contributed by atoms with Gasteiger partial charge in [0.15, 0.2) is 0 Å². The molecule has 4 rings (SSSR count). The number of rotatable bonds is 12. The number of aromatic carboxylic acids is 1. The number of carboxylic acids is 2. The van der Waals surface area contributed by atoms with Crippen LogP contribution >= 0.6 is 0 Å². The van der Waals surface area contributed by atoms with Gasteiger partial charge in [0.25, 0.3) is 0 Å². The molecule has 0 aliphatic heterocycles. The zero-order chi connectivity index (χ0) is 30.4. The lowest BCUT2D eigenvalue weighted by molar-refractivity contribution is -0.192. The molecule has 2 N–H and O–H groups in total. The van der Waals surface area contributed by atoms with Crippen molar-refractivity contribution in [1.29, 1.82) is 0 Å².